The molecule has 1 aliphatic heterocycles. The number of pyridine rings is 1. The normalized spacial score (nSPS) is 14.2. The van der Waals surface area contributed by atoms with Crippen molar-refractivity contribution in [2.45, 2.75) is 0 Å². The maximum Gasteiger partial charge on any atom is 0.321 e. The van der Waals surface area contributed by atoms with Crippen LogP contribution in [0.2, 0.25) is 5.02 Å². The van der Waals surface area contributed by atoms with Crippen molar-refractivity contribution < 1.29 is 13.9 Å². The average molecular weight is 415 g/mol. The third-order valence-electron chi connectivity index (χ3n) is 4.94. The number of nitrogens with zero attached hydrogens (tertiary/aromatic N) is 3. The minimum Gasteiger partial charge on any atom is -0.481 e. The van der Waals surface area contributed by atoms with Crippen LogP contribution in [0.4, 0.5) is 20.6 Å². The second-order valence-corrected chi connectivity index (χ2v) is 7.19. The number of aromatic nitrogens is 1. The van der Waals surface area contributed by atoms with Crippen LogP contribution in [0, 0.1) is 5.82 Å². The van der Waals surface area contributed by atoms with E-state index < -0.39 is 0 Å². The molecule has 29 heavy (non-hydrogen) atoms. The summed E-state index contributed by atoms with van der Waals surface area (Å²) < 4.78 is 18.4. The fourth-order valence-corrected chi connectivity index (χ4v) is 3.58. The molecule has 1 N–H and O–H groups in total. The Morgan fingerprint density at radius 2 is 1.83 bits per heavy atom. The molecule has 1 aliphatic rings. The summed E-state index contributed by atoms with van der Waals surface area (Å²) in [6.45, 7) is 2.46. The number of halogens is 2. The predicted molar refractivity (Wildman–Crippen MR) is 113 cm³/mol. The van der Waals surface area contributed by atoms with Crippen LogP contribution >= 0.6 is 11.6 Å². The first-order valence-electron chi connectivity index (χ1n) is 9.24. The molecule has 1 saturated heterocycles. The highest BCUT2D eigenvalue weighted by Crippen LogP contribution is 2.32. The number of anilines is 2. The molecule has 0 radical (unpaired) electrons. The van der Waals surface area contributed by atoms with Gasteiger partial charge < -0.3 is 19.9 Å². The van der Waals surface area contributed by atoms with E-state index in [2.05, 4.69) is 15.2 Å². The summed E-state index contributed by atoms with van der Waals surface area (Å²) in [5.41, 5.74) is 2.34. The highest BCUT2D eigenvalue weighted by molar-refractivity contribution is 6.31. The van der Waals surface area contributed by atoms with E-state index in [-0.39, 0.29) is 11.8 Å². The number of urea groups is 1. The summed E-state index contributed by atoms with van der Waals surface area (Å²) >= 11 is 6.12. The monoisotopic (exact) mass is 414 g/mol. The first kappa shape index (κ1) is 19.3. The number of carbonyl (C=O) groups is 1. The number of hydrogen-bond donors (Lipinski definition) is 1. The number of piperazine rings is 1. The van der Waals surface area contributed by atoms with Gasteiger partial charge >= 0.3 is 6.03 Å². The molecule has 0 saturated carbocycles. The molecule has 0 spiro atoms. The van der Waals surface area contributed by atoms with Crippen molar-refractivity contribution in [1.82, 2.24) is 9.88 Å². The van der Waals surface area contributed by atoms with E-state index in [1.54, 1.807) is 24.1 Å². The van der Waals surface area contributed by atoms with Gasteiger partial charge in [0.15, 0.2) is 0 Å². The maximum absolute atomic E-state index is 13.0. The summed E-state index contributed by atoms with van der Waals surface area (Å²) in [7, 11) is 1.58. The Balaban J connectivity index is 1.48. The second-order valence-electron chi connectivity index (χ2n) is 6.76. The van der Waals surface area contributed by atoms with Gasteiger partial charge in [0.2, 0.25) is 5.88 Å². The van der Waals surface area contributed by atoms with Crippen LogP contribution in [-0.2, 0) is 0 Å². The van der Waals surface area contributed by atoms with Gasteiger partial charge in [-0.3, -0.25) is 0 Å². The summed E-state index contributed by atoms with van der Waals surface area (Å²) in [4.78, 5) is 20.9. The van der Waals surface area contributed by atoms with E-state index in [0.717, 1.165) is 16.6 Å². The van der Waals surface area contributed by atoms with E-state index in [1.807, 2.05) is 24.3 Å². The van der Waals surface area contributed by atoms with Gasteiger partial charge in [0.25, 0.3) is 0 Å². The summed E-state index contributed by atoms with van der Waals surface area (Å²) in [5.74, 6) is 0.184. The van der Waals surface area contributed by atoms with E-state index in [0.29, 0.717) is 42.8 Å². The van der Waals surface area contributed by atoms with Crippen LogP contribution in [0.1, 0.15) is 0 Å². The molecule has 4 rings (SSSR count). The van der Waals surface area contributed by atoms with Gasteiger partial charge in [-0.05, 0) is 42.5 Å². The molecule has 0 atom stereocenters. The SMILES string of the molecule is COc1cc(N2CCN(C(=O)Nc3ccc(F)cc3)CC2)c2ccc(Cl)cc2n1. The number of hydrogen-bond acceptors (Lipinski definition) is 4. The second kappa shape index (κ2) is 8.13. The van der Waals surface area contributed by atoms with Gasteiger partial charge in [-0.15, -0.1) is 0 Å². The van der Waals surface area contributed by atoms with Gasteiger partial charge in [0.05, 0.1) is 18.3 Å². The van der Waals surface area contributed by atoms with Gasteiger partial charge in [0.1, 0.15) is 5.82 Å². The highest BCUT2D eigenvalue weighted by atomic mass is 35.5. The molecular weight excluding hydrogens is 395 g/mol. The summed E-state index contributed by atoms with van der Waals surface area (Å²) in [6.07, 6.45) is 0. The van der Waals surface area contributed by atoms with Gasteiger partial charge in [-0.25, -0.2) is 14.2 Å². The summed E-state index contributed by atoms with van der Waals surface area (Å²) in [5, 5.41) is 4.41. The topological polar surface area (TPSA) is 57.7 Å². The van der Waals surface area contributed by atoms with E-state index in [9.17, 15) is 9.18 Å². The van der Waals surface area contributed by atoms with E-state index in [1.165, 1.54) is 12.1 Å². The Labute approximate surface area is 172 Å². The highest BCUT2D eigenvalue weighted by Gasteiger charge is 2.23. The van der Waals surface area contributed by atoms with Crippen LogP contribution in [0.25, 0.3) is 10.9 Å². The quantitative estimate of drug-likeness (QED) is 0.690. The molecule has 2 amide bonds. The zero-order valence-electron chi connectivity index (χ0n) is 15.9. The lowest BCUT2D eigenvalue weighted by atomic mass is 10.1. The first-order valence-corrected chi connectivity index (χ1v) is 9.62. The van der Waals surface area contributed by atoms with Gasteiger partial charge in [0, 0.05) is 48.3 Å². The van der Waals surface area contributed by atoms with Crippen LogP contribution in [0.5, 0.6) is 5.88 Å². The lowest BCUT2D eigenvalue weighted by Crippen LogP contribution is -2.50. The van der Waals surface area contributed by atoms with Crippen molar-refractivity contribution in [3.8, 4) is 5.88 Å². The molecule has 0 aliphatic carbocycles. The molecule has 8 heteroatoms. The number of fused-ring (bicyclic) bond motifs is 1. The number of rotatable bonds is 3. The molecule has 6 nitrogen and oxygen atoms in total. The molecule has 2 heterocycles. The van der Waals surface area contributed by atoms with Crippen molar-refractivity contribution in [3.05, 3.63) is 59.4 Å². The molecule has 0 unspecified atom stereocenters. The molecule has 150 valence electrons. The van der Waals surface area contributed by atoms with Gasteiger partial charge in [-0.1, -0.05) is 11.6 Å². The van der Waals surface area contributed by atoms with Crippen molar-refractivity contribution >= 4 is 39.9 Å². The van der Waals surface area contributed by atoms with E-state index >= 15 is 0 Å². The zero-order chi connectivity index (χ0) is 20.4. The molecule has 1 aromatic heterocycles. The Bertz CT molecular complexity index is 1040. The number of amides is 2. The number of benzene rings is 2. The molecule has 1 fully saturated rings. The number of ether oxygens (including phenoxy) is 1. The van der Waals surface area contributed by atoms with E-state index in [4.69, 9.17) is 16.3 Å². The third kappa shape index (κ3) is 4.19. The Morgan fingerprint density at radius 1 is 1.10 bits per heavy atom. The lowest BCUT2D eigenvalue weighted by Gasteiger charge is -2.36. The Morgan fingerprint density at radius 3 is 2.52 bits per heavy atom. The number of carbonyl (C=O) groups excluding carboxylic acids is 1. The molecule has 3 aromatic rings. The van der Waals surface area contributed by atoms with Crippen molar-refractivity contribution in [2.75, 3.05) is 43.5 Å². The van der Waals surface area contributed by atoms with Crippen LogP contribution in [-0.4, -0.2) is 49.2 Å². The number of methoxy groups -OCH3 is 1. The minimum absolute atomic E-state index is 0.194. The standard InChI is InChI=1S/C21H20ClFN4O2/c1-29-20-13-19(17-7-2-14(22)12-18(17)25-20)26-8-10-27(11-9-26)21(28)24-16-5-3-15(23)4-6-16/h2-7,12-13H,8-11H2,1H3,(H,24,28). The van der Waals surface area contributed by atoms with Crippen LogP contribution < -0.4 is 15.0 Å². The predicted octanol–water partition coefficient (Wildman–Crippen LogP) is 4.39. The lowest BCUT2D eigenvalue weighted by molar-refractivity contribution is 0.208. The van der Waals surface area contributed by atoms with Crippen molar-refractivity contribution in [3.63, 3.8) is 0 Å². The summed E-state index contributed by atoms with van der Waals surface area (Å²) in [6, 6.07) is 13.1. The van der Waals surface area contributed by atoms with Crippen molar-refractivity contribution in [2.24, 2.45) is 0 Å². The third-order valence-corrected chi connectivity index (χ3v) is 5.17. The number of nitrogens with one attached hydrogen (secondary N) is 1. The Hall–Kier alpha value is -3.06. The van der Waals surface area contributed by atoms with Crippen molar-refractivity contribution in [1.29, 1.82) is 0 Å². The fraction of sp³-hybridized carbons (Fsp3) is 0.238. The first-order chi connectivity index (χ1) is 14.0. The minimum atomic E-state index is -0.335. The smallest absolute Gasteiger partial charge is 0.321 e. The maximum atomic E-state index is 13.0. The largest absolute Gasteiger partial charge is 0.481 e. The zero-order valence-corrected chi connectivity index (χ0v) is 16.6. The molecular formula is C21H20ClFN4O2. The molecule has 2 aromatic carbocycles. The Kier molecular flexibility index (Phi) is 5.40. The fourth-order valence-electron chi connectivity index (χ4n) is 3.41. The average Bonchev–Trinajstić information content (AvgIpc) is 2.74. The van der Waals surface area contributed by atoms with Gasteiger partial charge in [-0.2, -0.15) is 0 Å². The molecule has 0 bridgehead atoms. The van der Waals surface area contributed by atoms with Crippen LogP contribution in [0.3, 0.4) is 0 Å². The van der Waals surface area contributed by atoms with Crippen LogP contribution in [0.15, 0.2) is 48.5 Å².